The van der Waals surface area contributed by atoms with E-state index in [0.29, 0.717) is 17.1 Å². The minimum absolute atomic E-state index is 0.208. The van der Waals surface area contributed by atoms with E-state index in [1.54, 1.807) is 44.6 Å². The summed E-state index contributed by atoms with van der Waals surface area (Å²) in [6.07, 6.45) is 5.12. The molecule has 2 aromatic carbocycles. The van der Waals surface area contributed by atoms with Crippen LogP contribution in [0.3, 0.4) is 0 Å². The highest BCUT2D eigenvalue weighted by atomic mass is 16.6. The highest BCUT2D eigenvalue weighted by Crippen LogP contribution is 2.27. The zero-order valence-electron chi connectivity index (χ0n) is 13.9. The third-order valence-corrected chi connectivity index (χ3v) is 3.58. The summed E-state index contributed by atoms with van der Waals surface area (Å²) in [7, 11) is 3.14. The average molecular weight is 335 g/mol. The van der Waals surface area contributed by atoms with E-state index in [2.05, 4.69) is 4.99 Å². The Morgan fingerprint density at radius 1 is 1.00 bits per heavy atom. The van der Waals surface area contributed by atoms with Crippen LogP contribution in [0.4, 0.5) is 0 Å². The number of methoxy groups -OCH3 is 2. The number of carbonyl (C=O) groups is 1. The van der Waals surface area contributed by atoms with Crippen molar-refractivity contribution < 1.29 is 19.0 Å². The topological polar surface area (TPSA) is 57.1 Å². The maximum absolute atomic E-state index is 12.0. The number of nitrogens with zero attached hydrogens (tertiary/aromatic N) is 1. The summed E-state index contributed by atoms with van der Waals surface area (Å²) in [6, 6.07) is 15.0. The second kappa shape index (κ2) is 7.49. The Morgan fingerprint density at radius 2 is 1.80 bits per heavy atom. The van der Waals surface area contributed by atoms with Crippen LogP contribution in [-0.4, -0.2) is 26.1 Å². The van der Waals surface area contributed by atoms with E-state index in [1.807, 2.05) is 36.4 Å². The number of hydrogen-bond acceptors (Lipinski definition) is 5. The molecule has 0 fully saturated rings. The molecule has 5 nitrogen and oxygen atoms in total. The molecule has 0 saturated carbocycles. The van der Waals surface area contributed by atoms with Crippen molar-refractivity contribution >= 4 is 24.0 Å². The van der Waals surface area contributed by atoms with Gasteiger partial charge in [0.1, 0.15) is 11.5 Å². The van der Waals surface area contributed by atoms with Crippen LogP contribution in [-0.2, 0) is 9.53 Å². The van der Waals surface area contributed by atoms with Crippen molar-refractivity contribution in [3.8, 4) is 11.5 Å². The SMILES string of the molecule is COc1ccc(OC)c(/C=C2N=C(/C=C/c3ccccc3)OC/2=O)c1. The lowest BCUT2D eigenvalue weighted by molar-refractivity contribution is -0.129. The lowest BCUT2D eigenvalue weighted by atomic mass is 10.1. The number of benzene rings is 2. The molecular formula is C20H17NO4. The number of aliphatic imine (C=N–C) groups is 1. The minimum Gasteiger partial charge on any atom is -0.497 e. The first-order valence-corrected chi connectivity index (χ1v) is 7.67. The Morgan fingerprint density at radius 3 is 2.52 bits per heavy atom. The van der Waals surface area contributed by atoms with Gasteiger partial charge in [-0.1, -0.05) is 30.3 Å². The van der Waals surface area contributed by atoms with Gasteiger partial charge in [-0.2, -0.15) is 0 Å². The molecule has 2 aromatic rings. The molecule has 0 saturated heterocycles. The van der Waals surface area contributed by atoms with Gasteiger partial charge in [0.2, 0.25) is 5.90 Å². The lowest BCUT2D eigenvalue weighted by Crippen LogP contribution is -2.01. The van der Waals surface area contributed by atoms with Crippen molar-refractivity contribution in [3.63, 3.8) is 0 Å². The molecule has 0 bridgehead atoms. The summed E-state index contributed by atoms with van der Waals surface area (Å²) in [5.41, 5.74) is 1.89. The molecule has 0 unspecified atom stereocenters. The predicted octanol–water partition coefficient (Wildman–Crippen LogP) is 3.71. The van der Waals surface area contributed by atoms with Gasteiger partial charge >= 0.3 is 5.97 Å². The Hall–Kier alpha value is -3.34. The fourth-order valence-electron chi connectivity index (χ4n) is 2.33. The Balaban J connectivity index is 1.87. The van der Waals surface area contributed by atoms with Crippen molar-refractivity contribution in [2.24, 2.45) is 4.99 Å². The van der Waals surface area contributed by atoms with E-state index < -0.39 is 5.97 Å². The van der Waals surface area contributed by atoms with E-state index in [9.17, 15) is 4.79 Å². The van der Waals surface area contributed by atoms with Crippen molar-refractivity contribution in [3.05, 3.63) is 71.4 Å². The average Bonchev–Trinajstić information content (AvgIpc) is 3.00. The van der Waals surface area contributed by atoms with Crippen molar-refractivity contribution in [1.82, 2.24) is 0 Å². The molecule has 0 atom stereocenters. The van der Waals surface area contributed by atoms with E-state index in [1.165, 1.54) is 0 Å². The molecule has 5 heteroatoms. The molecule has 0 radical (unpaired) electrons. The van der Waals surface area contributed by atoms with E-state index in [4.69, 9.17) is 14.2 Å². The number of esters is 1. The van der Waals surface area contributed by atoms with Crippen LogP contribution < -0.4 is 9.47 Å². The summed E-state index contributed by atoms with van der Waals surface area (Å²) >= 11 is 0. The maximum atomic E-state index is 12.0. The van der Waals surface area contributed by atoms with Gasteiger partial charge in [0, 0.05) is 11.6 Å². The van der Waals surface area contributed by atoms with Gasteiger partial charge in [-0.25, -0.2) is 9.79 Å². The monoisotopic (exact) mass is 335 g/mol. The lowest BCUT2D eigenvalue weighted by Gasteiger charge is -2.07. The van der Waals surface area contributed by atoms with Gasteiger partial charge in [0.15, 0.2) is 5.70 Å². The fraction of sp³-hybridized carbons (Fsp3) is 0.100. The van der Waals surface area contributed by atoms with Crippen molar-refractivity contribution in [2.45, 2.75) is 0 Å². The molecule has 0 N–H and O–H groups in total. The number of carbonyl (C=O) groups excluding carboxylic acids is 1. The Labute approximate surface area is 145 Å². The first kappa shape index (κ1) is 16.5. The van der Waals surface area contributed by atoms with Gasteiger partial charge in [-0.05, 0) is 35.9 Å². The Bertz CT molecular complexity index is 867. The molecule has 1 heterocycles. The highest BCUT2D eigenvalue weighted by Gasteiger charge is 2.21. The summed E-state index contributed by atoms with van der Waals surface area (Å²) < 4.78 is 15.7. The van der Waals surface area contributed by atoms with Gasteiger partial charge in [0.05, 0.1) is 14.2 Å². The number of hydrogen-bond donors (Lipinski definition) is 0. The van der Waals surface area contributed by atoms with Crippen LogP contribution >= 0.6 is 0 Å². The molecule has 1 aliphatic heterocycles. The van der Waals surface area contributed by atoms with Crippen LogP contribution in [0.25, 0.3) is 12.2 Å². The standard InChI is InChI=1S/C20H17NO4/c1-23-16-9-10-18(24-2)15(12-16)13-17-20(22)25-19(21-17)11-8-14-6-4-3-5-7-14/h3-13H,1-2H3/b11-8+,17-13+. The third kappa shape index (κ3) is 3.95. The van der Waals surface area contributed by atoms with Crippen LogP contribution in [0.2, 0.25) is 0 Å². The van der Waals surface area contributed by atoms with Crippen molar-refractivity contribution in [2.75, 3.05) is 14.2 Å². The Kier molecular flexibility index (Phi) is 4.95. The molecule has 0 aliphatic carbocycles. The molecule has 1 aliphatic rings. The second-order valence-corrected chi connectivity index (χ2v) is 5.22. The van der Waals surface area contributed by atoms with Crippen molar-refractivity contribution in [1.29, 1.82) is 0 Å². The molecule has 0 aromatic heterocycles. The van der Waals surface area contributed by atoms with E-state index in [0.717, 1.165) is 5.56 Å². The molecule has 0 amide bonds. The first-order valence-electron chi connectivity index (χ1n) is 7.67. The molecule has 126 valence electrons. The summed E-state index contributed by atoms with van der Waals surface area (Å²) in [4.78, 5) is 16.3. The zero-order valence-corrected chi connectivity index (χ0v) is 13.9. The number of ether oxygens (including phenoxy) is 3. The van der Waals surface area contributed by atoms with Gasteiger partial charge in [-0.3, -0.25) is 0 Å². The zero-order chi connectivity index (χ0) is 17.6. The largest absolute Gasteiger partial charge is 0.497 e. The molecule has 0 spiro atoms. The minimum atomic E-state index is -0.502. The number of cyclic esters (lactones) is 1. The second-order valence-electron chi connectivity index (χ2n) is 5.22. The normalized spacial score (nSPS) is 15.4. The van der Waals surface area contributed by atoms with Crippen LogP contribution in [0.1, 0.15) is 11.1 Å². The first-order chi connectivity index (χ1) is 12.2. The number of rotatable bonds is 5. The third-order valence-electron chi connectivity index (χ3n) is 3.58. The van der Waals surface area contributed by atoms with E-state index in [-0.39, 0.29) is 11.6 Å². The summed E-state index contributed by atoms with van der Waals surface area (Å²) in [6.45, 7) is 0. The van der Waals surface area contributed by atoms with Crippen LogP contribution in [0, 0.1) is 0 Å². The molecule has 25 heavy (non-hydrogen) atoms. The highest BCUT2D eigenvalue weighted by molar-refractivity contribution is 6.11. The quantitative estimate of drug-likeness (QED) is 0.617. The summed E-state index contributed by atoms with van der Waals surface area (Å²) in [5.74, 6) is 1.02. The van der Waals surface area contributed by atoms with Gasteiger partial charge < -0.3 is 14.2 Å². The molecule has 3 rings (SSSR count). The fourth-order valence-corrected chi connectivity index (χ4v) is 2.33. The van der Waals surface area contributed by atoms with Gasteiger partial charge in [0.25, 0.3) is 0 Å². The van der Waals surface area contributed by atoms with Crippen LogP contribution in [0.15, 0.2) is 65.3 Å². The van der Waals surface area contributed by atoms with E-state index >= 15 is 0 Å². The molecular weight excluding hydrogens is 318 g/mol. The maximum Gasteiger partial charge on any atom is 0.363 e. The predicted molar refractivity (Wildman–Crippen MR) is 96.5 cm³/mol. The smallest absolute Gasteiger partial charge is 0.363 e. The van der Waals surface area contributed by atoms with Crippen LogP contribution in [0.5, 0.6) is 11.5 Å². The summed E-state index contributed by atoms with van der Waals surface area (Å²) in [5, 5.41) is 0. The van der Waals surface area contributed by atoms with Gasteiger partial charge in [-0.15, -0.1) is 0 Å².